The molecule has 0 aromatic heterocycles. The minimum atomic E-state index is 0.309. The lowest BCUT2D eigenvalue weighted by Gasteiger charge is -2.38. The van der Waals surface area contributed by atoms with E-state index in [4.69, 9.17) is 4.74 Å². The molecule has 0 aromatic rings. The second-order valence-corrected chi connectivity index (χ2v) is 7.78. The molecule has 2 fully saturated rings. The number of nitrogens with zero attached hydrogens (tertiary/aromatic N) is 3. The first-order valence-electron chi connectivity index (χ1n) is 9.28. The predicted octanol–water partition coefficient (Wildman–Crippen LogP) is 1.53. The van der Waals surface area contributed by atoms with Crippen LogP contribution in [0.1, 0.15) is 34.1 Å². The van der Waals surface area contributed by atoms with Gasteiger partial charge in [-0.1, -0.05) is 13.8 Å². The average Bonchev–Trinajstić information content (AvgIpc) is 2.47. The third kappa shape index (κ3) is 6.40. The lowest BCUT2D eigenvalue weighted by Crippen LogP contribution is -2.52. The smallest absolute Gasteiger partial charge is 0.236 e. The zero-order valence-corrected chi connectivity index (χ0v) is 15.5. The van der Waals surface area contributed by atoms with Gasteiger partial charge in [0.05, 0.1) is 19.3 Å². The molecule has 0 saturated carbocycles. The summed E-state index contributed by atoms with van der Waals surface area (Å²) in [6.45, 7) is 17.0. The second kappa shape index (κ2) is 9.00. The van der Waals surface area contributed by atoms with E-state index < -0.39 is 0 Å². The molecule has 134 valence electrons. The summed E-state index contributed by atoms with van der Waals surface area (Å²) < 4.78 is 5.62. The Bertz CT molecular complexity index is 357. The van der Waals surface area contributed by atoms with E-state index in [2.05, 4.69) is 42.4 Å². The fourth-order valence-electron chi connectivity index (χ4n) is 3.75. The molecule has 5 nitrogen and oxygen atoms in total. The first-order valence-corrected chi connectivity index (χ1v) is 9.28. The van der Waals surface area contributed by atoms with Gasteiger partial charge in [-0.3, -0.25) is 14.6 Å². The molecule has 0 unspecified atom stereocenters. The highest BCUT2D eigenvalue weighted by atomic mass is 16.5. The maximum atomic E-state index is 12.5. The molecular formula is C18H35N3O2. The minimum Gasteiger partial charge on any atom is -0.377 e. The Balaban J connectivity index is 1.66. The van der Waals surface area contributed by atoms with Crippen molar-refractivity contribution in [2.45, 2.75) is 40.2 Å². The third-order valence-corrected chi connectivity index (χ3v) is 4.90. The molecule has 0 aliphatic carbocycles. The number of amides is 1. The van der Waals surface area contributed by atoms with E-state index in [1.807, 2.05) is 0 Å². The molecule has 0 aromatic carbocycles. The zero-order valence-electron chi connectivity index (χ0n) is 15.5. The summed E-state index contributed by atoms with van der Waals surface area (Å²) in [5, 5.41) is 0. The van der Waals surface area contributed by atoms with Crippen molar-refractivity contribution in [2.75, 3.05) is 59.0 Å². The Labute approximate surface area is 141 Å². The lowest BCUT2D eigenvalue weighted by molar-refractivity contribution is -0.135. The Kier molecular flexibility index (Phi) is 7.31. The molecule has 2 aliphatic rings. The molecule has 2 rings (SSSR count). The van der Waals surface area contributed by atoms with Crippen LogP contribution in [0.3, 0.4) is 0 Å². The van der Waals surface area contributed by atoms with Crippen LogP contribution in [-0.4, -0.2) is 85.7 Å². The fourth-order valence-corrected chi connectivity index (χ4v) is 3.75. The maximum absolute atomic E-state index is 12.5. The van der Waals surface area contributed by atoms with Crippen LogP contribution in [0, 0.1) is 11.8 Å². The van der Waals surface area contributed by atoms with E-state index >= 15 is 0 Å². The molecule has 5 heteroatoms. The van der Waals surface area contributed by atoms with E-state index in [9.17, 15) is 4.79 Å². The molecule has 23 heavy (non-hydrogen) atoms. The summed E-state index contributed by atoms with van der Waals surface area (Å²) in [6.07, 6.45) is 1.56. The van der Waals surface area contributed by atoms with Gasteiger partial charge in [0.2, 0.25) is 5.91 Å². The largest absolute Gasteiger partial charge is 0.377 e. The molecule has 0 N–H and O–H groups in total. The van der Waals surface area contributed by atoms with Gasteiger partial charge in [0.15, 0.2) is 0 Å². The van der Waals surface area contributed by atoms with Crippen molar-refractivity contribution in [1.29, 1.82) is 0 Å². The number of ether oxygens (including phenoxy) is 1. The summed E-state index contributed by atoms with van der Waals surface area (Å²) in [6, 6.07) is 0. The quantitative estimate of drug-likeness (QED) is 0.742. The molecule has 0 radical (unpaired) electrons. The Morgan fingerprint density at radius 1 is 1.04 bits per heavy atom. The van der Waals surface area contributed by atoms with Gasteiger partial charge in [0, 0.05) is 45.8 Å². The van der Waals surface area contributed by atoms with Crippen LogP contribution in [0.25, 0.3) is 0 Å². The van der Waals surface area contributed by atoms with E-state index in [1.54, 1.807) is 0 Å². The summed E-state index contributed by atoms with van der Waals surface area (Å²) in [4.78, 5) is 19.4. The van der Waals surface area contributed by atoms with E-state index in [-0.39, 0.29) is 0 Å². The SMILES string of the molecule is CC(C)OCCN1CCN(CC(=O)N2C[C@@H](C)C[C@H](C)C2)CC1. The molecule has 0 bridgehead atoms. The predicted molar refractivity (Wildman–Crippen MR) is 93.5 cm³/mol. The molecule has 2 heterocycles. The molecule has 2 aliphatic heterocycles. The van der Waals surface area contributed by atoms with Crippen LogP contribution in [-0.2, 0) is 9.53 Å². The molecule has 2 atom stereocenters. The average molecular weight is 325 g/mol. The van der Waals surface area contributed by atoms with Gasteiger partial charge in [0.1, 0.15) is 0 Å². The van der Waals surface area contributed by atoms with Crippen molar-refractivity contribution in [3.63, 3.8) is 0 Å². The Hall–Kier alpha value is -0.650. The van der Waals surface area contributed by atoms with Crippen molar-refractivity contribution < 1.29 is 9.53 Å². The Morgan fingerprint density at radius 3 is 2.17 bits per heavy atom. The lowest BCUT2D eigenvalue weighted by atomic mass is 9.92. The monoisotopic (exact) mass is 325 g/mol. The van der Waals surface area contributed by atoms with Gasteiger partial charge < -0.3 is 9.64 Å². The third-order valence-electron chi connectivity index (χ3n) is 4.90. The summed E-state index contributed by atoms with van der Waals surface area (Å²) in [5.74, 6) is 1.60. The summed E-state index contributed by atoms with van der Waals surface area (Å²) >= 11 is 0. The van der Waals surface area contributed by atoms with Crippen molar-refractivity contribution in [1.82, 2.24) is 14.7 Å². The number of piperazine rings is 1. The van der Waals surface area contributed by atoms with Crippen molar-refractivity contribution >= 4 is 5.91 Å². The van der Waals surface area contributed by atoms with E-state index in [0.717, 1.165) is 52.4 Å². The highest BCUT2D eigenvalue weighted by Gasteiger charge is 2.27. The van der Waals surface area contributed by atoms with E-state index in [1.165, 1.54) is 6.42 Å². The van der Waals surface area contributed by atoms with Gasteiger partial charge >= 0.3 is 0 Å². The van der Waals surface area contributed by atoms with Crippen molar-refractivity contribution in [3.8, 4) is 0 Å². The van der Waals surface area contributed by atoms with Crippen LogP contribution in [0.2, 0.25) is 0 Å². The van der Waals surface area contributed by atoms with Crippen LogP contribution < -0.4 is 0 Å². The van der Waals surface area contributed by atoms with Gasteiger partial charge in [-0.25, -0.2) is 0 Å². The van der Waals surface area contributed by atoms with Crippen molar-refractivity contribution in [2.24, 2.45) is 11.8 Å². The number of hydrogen-bond donors (Lipinski definition) is 0. The fraction of sp³-hybridized carbons (Fsp3) is 0.944. The summed E-state index contributed by atoms with van der Waals surface area (Å²) in [5.41, 5.74) is 0. The number of carbonyl (C=O) groups excluding carboxylic acids is 1. The number of hydrogen-bond acceptors (Lipinski definition) is 4. The molecule has 0 spiro atoms. The van der Waals surface area contributed by atoms with Gasteiger partial charge in [-0.05, 0) is 32.1 Å². The number of carbonyl (C=O) groups is 1. The van der Waals surface area contributed by atoms with Crippen molar-refractivity contribution in [3.05, 3.63) is 0 Å². The Morgan fingerprint density at radius 2 is 1.61 bits per heavy atom. The minimum absolute atomic E-state index is 0.309. The number of piperidine rings is 1. The van der Waals surface area contributed by atoms with Crippen LogP contribution >= 0.6 is 0 Å². The van der Waals surface area contributed by atoms with Crippen LogP contribution in [0.5, 0.6) is 0 Å². The summed E-state index contributed by atoms with van der Waals surface area (Å²) in [7, 11) is 0. The normalized spacial score (nSPS) is 27.6. The topological polar surface area (TPSA) is 36.0 Å². The number of rotatable bonds is 6. The van der Waals surface area contributed by atoms with Crippen LogP contribution in [0.4, 0.5) is 0 Å². The zero-order chi connectivity index (χ0) is 16.8. The maximum Gasteiger partial charge on any atom is 0.236 e. The van der Waals surface area contributed by atoms with E-state index in [0.29, 0.717) is 30.4 Å². The molecule has 2 saturated heterocycles. The molecule has 1 amide bonds. The number of likely N-dealkylation sites (tertiary alicyclic amines) is 1. The van der Waals surface area contributed by atoms with Gasteiger partial charge in [-0.15, -0.1) is 0 Å². The standard InChI is InChI=1S/C18H35N3O2/c1-15(2)23-10-9-19-5-7-20(8-6-19)14-18(22)21-12-16(3)11-17(4)13-21/h15-17H,5-14H2,1-4H3/t16-,17-/m0/s1. The highest BCUT2D eigenvalue weighted by molar-refractivity contribution is 5.78. The first kappa shape index (κ1) is 18.7. The van der Waals surface area contributed by atoms with Gasteiger partial charge in [-0.2, -0.15) is 0 Å². The van der Waals surface area contributed by atoms with Gasteiger partial charge in [0.25, 0.3) is 0 Å². The highest BCUT2D eigenvalue weighted by Crippen LogP contribution is 2.21. The van der Waals surface area contributed by atoms with Crippen LogP contribution in [0.15, 0.2) is 0 Å². The molecular weight excluding hydrogens is 290 g/mol. The first-order chi connectivity index (χ1) is 10.9. The second-order valence-electron chi connectivity index (χ2n) is 7.78.